The SMILES string of the molecule is O=C(CN1C(=O)[C@@H]2[C@@H](C1=O)[C@H]1C=C[C@@H]2C1)NCC12CC3CC(CC(C3)C1)C2. The first-order valence-electron chi connectivity index (χ1n) is 10.8. The van der Waals surface area contributed by atoms with E-state index in [4.69, 9.17) is 0 Å². The van der Waals surface area contributed by atoms with Crippen molar-refractivity contribution in [2.24, 2.45) is 46.8 Å². The van der Waals surface area contributed by atoms with Crippen molar-refractivity contribution in [3.8, 4) is 0 Å². The molecule has 1 aliphatic heterocycles. The highest BCUT2D eigenvalue weighted by atomic mass is 16.2. The number of carbonyl (C=O) groups excluding carboxylic acids is 3. The number of amides is 3. The fraction of sp³-hybridized carbons (Fsp3) is 0.773. The molecular weight excluding hydrogens is 340 g/mol. The zero-order chi connectivity index (χ0) is 18.3. The van der Waals surface area contributed by atoms with E-state index in [0.29, 0.717) is 0 Å². The molecule has 0 aromatic carbocycles. The van der Waals surface area contributed by atoms with E-state index in [-0.39, 0.29) is 53.4 Å². The lowest BCUT2D eigenvalue weighted by Gasteiger charge is -2.56. The summed E-state index contributed by atoms with van der Waals surface area (Å²) in [6.07, 6.45) is 13.0. The Balaban J connectivity index is 1.10. The summed E-state index contributed by atoms with van der Waals surface area (Å²) in [6, 6.07) is 0. The smallest absolute Gasteiger partial charge is 0.240 e. The fourth-order valence-electron chi connectivity index (χ4n) is 8.11. The molecule has 6 aliphatic carbocycles. The van der Waals surface area contributed by atoms with Crippen LogP contribution in [0.25, 0.3) is 0 Å². The van der Waals surface area contributed by atoms with E-state index in [1.807, 2.05) is 0 Å². The van der Waals surface area contributed by atoms with E-state index in [9.17, 15) is 14.4 Å². The van der Waals surface area contributed by atoms with Gasteiger partial charge in [0.2, 0.25) is 17.7 Å². The minimum atomic E-state index is -0.205. The van der Waals surface area contributed by atoms with E-state index in [2.05, 4.69) is 17.5 Å². The van der Waals surface area contributed by atoms with Crippen LogP contribution in [-0.2, 0) is 14.4 Å². The summed E-state index contributed by atoms with van der Waals surface area (Å²) in [7, 11) is 0. The lowest BCUT2D eigenvalue weighted by molar-refractivity contribution is -0.144. The maximum Gasteiger partial charge on any atom is 0.240 e. The predicted octanol–water partition coefficient (Wildman–Crippen LogP) is 2.13. The van der Waals surface area contributed by atoms with Gasteiger partial charge in [0.1, 0.15) is 6.54 Å². The summed E-state index contributed by atoms with van der Waals surface area (Å²) < 4.78 is 0. The van der Waals surface area contributed by atoms with Crippen molar-refractivity contribution in [1.82, 2.24) is 10.2 Å². The Bertz CT molecular complexity index is 691. The van der Waals surface area contributed by atoms with Crippen LogP contribution in [0.5, 0.6) is 0 Å². The van der Waals surface area contributed by atoms with Crippen LogP contribution in [0.15, 0.2) is 12.2 Å². The molecule has 5 saturated carbocycles. The van der Waals surface area contributed by atoms with Crippen LogP contribution >= 0.6 is 0 Å². The van der Waals surface area contributed by atoms with Gasteiger partial charge in [0.25, 0.3) is 0 Å². The molecule has 1 heterocycles. The first-order valence-corrected chi connectivity index (χ1v) is 10.8. The third kappa shape index (κ3) is 2.32. The average molecular weight is 368 g/mol. The second-order valence-electron chi connectivity index (χ2n) is 10.5. The number of likely N-dealkylation sites (tertiary alicyclic amines) is 1. The van der Waals surface area contributed by atoms with Crippen molar-refractivity contribution in [3.63, 3.8) is 0 Å². The maximum absolute atomic E-state index is 12.7. The van der Waals surface area contributed by atoms with Gasteiger partial charge >= 0.3 is 0 Å². The molecule has 0 unspecified atom stereocenters. The summed E-state index contributed by atoms with van der Waals surface area (Å²) in [5, 5.41) is 3.11. The molecule has 6 bridgehead atoms. The lowest BCUT2D eigenvalue weighted by Crippen LogP contribution is -2.52. The second-order valence-corrected chi connectivity index (χ2v) is 10.5. The van der Waals surface area contributed by atoms with E-state index in [0.717, 1.165) is 30.7 Å². The molecule has 0 aromatic heterocycles. The third-order valence-electron chi connectivity index (χ3n) is 8.69. The average Bonchev–Trinajstić information content (AvgIpc) is 3.29. The number of fused-ring (bicyclic) bond motifs is 5. The molecule has 1 N–H and O–H groups in total. The highest BCUT2D eigenvalue weighted by Gasteiger charge is 2.59. The van der Waals surface area contributed by atoms with E-state index >= 15 is 0 Å². The Morgan fingerprint density at radius 2 is 1.44 bits per heavy atom. The van der Waals surface area contributed by atoms with Crippen LogP contribution in [0.4, 0.5) is 0 Å². The summed E-state index contributed by atoms with van der Waals surface area (Å²) in [4.78, 5) is 39.3. The van der Waals surface area contributed by atoms with Crippen molar-refractivity contribution in [1.29, 1.82) is 0 Å². The van der Waals surface area contributed by atoms with Crippen molar-refractivity contribution >= 4 is 17.7 Å². The molecule has 0 aromatic rings. The van der Waals surface area contributed by atoms with Gasteiger partial charge < -0.3 is 5.32 Å². The maximum atomic E-state index is 12.7. The summed E-state index contributed by atoms with van der Waals surface area (Å²) in [6.45, 7) is 0.641. The predicted molar refractivity (Wildman–Crippen MR) is 98.1 cm³/mol. The summed E-state index contributed by atoms with van der Waals surface area (Å²) in [5.41, 5.74) is 0.281. The zero-order valence-electron chi connectivity index (χ0n) is 15.7. The fourth-order valence-corrected chi connectivity index (χ4v) is 8.11. The van der Waals surface area contributed by atoms with Gasteiger partial charge in [0.15, 0.2) is 0 Å². The van der Waals surface area contributed by atoms with Crippen LogP contribution in [-0.4, -0.2) is 35.7 Å². The lowest BCUT2D eigenvalue weighted by atomic mass is 9.49. The number of rotatable bonds is 4. The number of nitrogens with one attached hydrogen (secondary N) is 1. The minimum absolute atomic E-state index is 0.0868. The van der Waals surface area contributed by atoms with Crippen molar-refractivity contribution < 1.29 is 14.4 Å². The van der Waals surface area contributed by atoms with Gasteiger partial charge in [-0.15, -0.1) is 0 Å². The highest BCUT2D eigenvalue weighted by Crippen LogP contribution is 2.59. The summed E-state index contributed by atoms with van der Waals surface area (Å²) in [5.74, 6) is 2.18. The van der Waals surface area contributed by atoms with Crippen molar-refractivity contribution in [3.05, 3.63) is 12.2 Å². The number of carbonyl (C=O) groups is 3. The number of imide groups is 1. The standard InChI is InChI=1S/C22H28N2O3/c25-17(23-11-22-7-12-3-13(8-22)5-14(4-12)9-22)10-24-20(26)18-15-1-2-16(6-15)19(18)21(24)27/h1-2,12-16,18-19H,3-11H2,(H,23,25)/t12?,13?,14?,15-,16+,18-,19-,22?/m0/s1. The molecule has 5 nitrogen and oxygen atoms in total. The quantitative estimate of drug-likeness (QED) is 0.611. The largest absolute Gasteiger partial charge is 0.354 e. The molecule has 5 heteroatoms. The van der Waals surface area contributed by atoms with Gasteiger partial charge in [-0.25, -0.2) is 0 Å². The third-order valence-corrected chi connectivity index (χ3v) is 8.69. The van der Waals surface area contributed by atoms with Gasteiger partial charge in [-0.2, -0.15) is 0 Å². The van der Waals surface area contributed by atoms with Crippen molar-refractivity contribution in [2.75, 3.05) is 13.1 Å². The van der Waals surface area contributed by atoms with Crippen molar-refractivity contribution in [2.45, 2.75) is 44.9 Å². The number of allylic oxidation sites excluding steroid dienone is 2. The highest BCUT2D eigenvalue weighted by molar-refractivity contribution is 6.08. The first kappa shape index (κ1) is 16.3. The van der Waals surface area contributed by atoms with Crippen LogP contribution in [0.3, 0.4) is 0 Å². The Labute approximate surface area is 159 Å². The van der Waals surface area contributed by atoms with Gasteiger partial charge in [-0.3, -0.25) is 19.3 Å². The van der Waals surface area contributed by atoms with E-state index in [1.54, 1.807) is 0 Å². The molecule has 6 fully saturated rings. The van der Waals surface area contributed by atoms with Crippen LogP contribution in [0.2, 0.25) is 0 Å². The molecule has 3 amide bonds. The monoisotopic (exact) mass is 368 g/mol. The Hall–Kier alpha value is -1.65. The molecule has 4 atom stereocenters. The van der Waals surface area contributed by atoms with Gasteiger partial charge in [-0.05, 0) is 80.0 Å². The Morgan fingerprint density at radius 3 is 1.96 bits per heavy atom. The second kappa shape index (κ2) is 5.45. The Morgan fingerprint density at radius 1 is 0.926 bits per heavy atom. The molecule has 0 spiro atoms. The molecule has 7 aliphatic rings. The normalized spacial score (nSPS) is 48.6. The van der Waals surface area contributed by atoms with Crippen LogP contribution < -0.4 is 5.32 Å². The summed E-state index contributed by atoms with van der Waals surface area (Å²) >= 11 is 0. The van der Waals surface area contributed by atoms with Crippen LogP contribution in [0, 0.1) is 46.8 Å². The Kier molecular flexibility index (Phi) is 3.29. The van der Waals surface area contributed by atoms with Gasteiger partial charge in [0, 0.05) is 6.54 Å². The molecule has 144 valence electrons. The van der Waals surface area contributed by atoms with Gasteiger partial charge in [-0.1, -0.05) is 12.2 Å². The topological polar surface area (TPSA) is 66.5 Å². The molecule has 1 saturated heterocycles. The minimum Gasteiger partial charge on any atom is -0.354 e. The molecular formula is C22H28N2O3. The van der Waals surface area contributed by atoms with Crippen LogP contribution in [0.1, 0.15) is 44.9 Å². The number of hydrogen-bond donors (Lipinski definition) is 1. The number of hydrogen-bond acceptors (Lipinski definition) is 3. The molecule has 7 rings (SSSR count). The molecule has 27 heavy (non-hydrogen) atoms. The van der Waals surface area contributed by atoms with E-state index < -0.39 is 0 Å². The molecule has 0 radical (unpaired) electrons. The zero-order valence-corrected chi connectivity index (χ0v) is 15.7. The number of nitrogens with zero attached hydrogens (tertiary/aromatic N) is 1. The van der Waals surface area contributed by atoms with E-state index in [1.165, 1.54) is 43.4 Å². The van der Waals surface area contributed by atoms with Gasteiger partial charge in [0.05, 0.1) is 11.8 Å². The first-order chi connectivity index (χ1) is 13.0.